The monoisotopic (exact) mass is 547 g/mol. The van der Waals surface area contributed by atoms with Crippen LogP contribution in [0.15, 0.2) is 66.9 Å². The first-order valence-electron chi connectivity index (χ1n) is 14.1. The van der Waals surface area contributed by atoms with Crippen LogP contribution in [0.1, 0.15) is 59.3 Å². The number of aromatic nitrogens is 1. The minimum absolute atomic E-state index is 0.0733. The SMILES string of the molecule is CCCCc1cn(C)c2ccc(C(=O)NC(Cc3cc(F)cc(F)c3)C(O)CNCc3cccc(CC)c3)cc12. The van der Waals surface area contributed by atoms with Crippen molar-refractivity contribution in [2.24, 2.45) is 7.05 Å². The van der Waals surface area contributed by atoms with Gasteiger partial charge in [0.05, 0.1) is 12.1 Å². The molecule has 0 bridgehead atoms. The van der Waals surface area contributed by atoms with Crippen molar-refractivity contribution in [3.05, 3.63) is 106 Å². The van der Waals surface area contributed by atoms with Gasteiger partial charge in [0.1, 0.15) is 11.6 Å². The number of aryl methyl sites for hydroxylation is 3. The maximum absolute atomic E-state index is 13.9. The largest absolute Gasteiger partial charge is 0.390 e. The second kappa shape index (κ2) is 13.7. The zero-order valence-corrected chi connectivity index (χ0v) is 23.5. The first-order chi connectivity index (χ1) is 19.3. The molecule has 0 saturated carbocycles. The molecular formula is C33H39F2N3O2. The lowest BCUT2D eigenvalue weighted by atomic mass is 9.99. The van der Waals surface area contributed by atoms with Gasteiger partial charge >= 0.3 is 0 Å². The van der Waals surface area contributed by atoms with Crippen LogP contribution in [0.4, 0.5) is 8.78 Å². The number of amides is 1. The molecule has 3 aromatic carbocycles. The molecule has 1 amide bonds. The third-order valence-corrected chi connectivity index (χ3v) is 7.37. The van der Waals surface area contributed by atoms with Crippen LogP contribution in [0.2, 0.25) is 0 Å². The topological polar surface area (TPSA) is 66.3 Å². The van der Waals surface area contributed by atoms with E-state index >= 15 is 0 Å². The Balaban J connectivity index is 1.52. The Morgan fingerprint density at radius 1 is 0.975 bits per heavy atom. The number of aliphatic hydroxyl groups is 1. The minimum Gasteiger partial charge on any atom is -0.390 e. The van der Waals surface area contributed by atoms with Gasteiger partial charge in [0.2, 0.25) is 0 Å². The number of nitrogens with zero attached hydrogens (tertiary/aromatic N) is 1. The molecule has 0 spiro atoms. The lowest BCUT2D eigenvalue weighted by molar-refractivity contribution is 0.0830. The number of halogens is 2. The summed E-state index contributed by atoms with van der Waals surface area (Å²) < 4.78 is 29.9. The van der Waals surface area contributed by atoms with Crippen molar-refractivity contribution in [1.29, 1.82) is 0 Å². The van der Waals surface area contributed by atoms with E-state index in [-0.39, 0.29) is 18.9 Å². The highest BCUT2D eigenvalue weighted by Gasteiger charge is 2.23. The van der Waals surface area contributed by atoms with E-state index in [2.05, 4.69) is 47.4 Å². The molecule has 1 heterocycles. The summed E-state index contributed by atoms with van der Waals surface area (Å²) in [6.07, 6.45) is 5.18. The molecule has 40 heavy (non-hydrogen) atoms. The number of hydrogen-bond donors (Lipinski definition) is 3. The molecule has 3 N–H and O–H groups in total. The molecule has 0 aliphatic heterocycles. The zero-order chi connectivity index (χ0) is 28.6. The number of unbranched alkanes of at least 4 members (excludes halogenated alkanes) is 1. The van der Waals surface area contributed by atoms with Gasteiger partial charge in [-0.1, -0.05) is 44.5 Å². The highest BCUT2D eigenvalue weighted by molar-refractivity contribution is 5.99. The van der Waals surface area contributed by atoms with Crippen LogP contribution in [0.5, 0.6) is 0 Å². The van der Waals surface area contributed by atoms with Gasteiger partial charge in [-0.05, 0) is 78.3 Å². The molecule has 1 aromatic heterocycles. The predicted molar refractivity (Wildman–Crippen MR) is 156 cm³/mol. The summed E-state index contributed by atoms with van der Waals surface area (Å²) in [7, 11) is 1.99. The Bertz CT molecular complexity index is 1430. The van der Waals surface area contributed by atoms with Crippen molar-refractivity contribution in [3.63, 3.8) is 0 Å². The smallest absolute Gasteiger partial charge is 0.251 e. The first kappa shape index (κ1) is 29.4. The van der Waals surface area contributed by atoms with Gasteiger partial charge in [-0.3, -0.25) is 4.79 Å². The van der Waals surface area contributed by atoms with E-state index < -0.39 is 23.8 Å². The summed E-state index contributed by atoms with van der Waals surface area (Å²) in [5, 5.41) is 18.4. The molecular weight excluding hydrogens is 508 g/mol. The summed E-state index contributed by atoms with van der Waals surface area (Å²) >= 11 is 0. The summed E-state index contributed by atoms with van der Waals surface area (Å²) in [5.41, 5.74) is 5.39. The Kier molecular flexibility index (Phi) is 10.1. The van der Waals surface area contributed by atoms with Gasteiger partial charge in [-0.2, -0.15) is 0 Å². The number of carbonyl (C=O) groups is 1. The van der Waals surface area contributed by atoms with Gasteiger partial charge in [0, 0.05) is 48.9 Å². The van der Waals surface area contributed by atoms with E-state index in [1.165, 1.54) is 23.3 Å². The number of rotatable bonds is 13. The number of fused-ring (bicyclic) bond motifs is 1. The van der Waals surface area contributed by atoms with Crippen molar-refractivity contribution < 1.29 is 18.7 Å². The molecule has 0 aliphatic carbocycles. The van der Waals surface area contributed by atoms with Crippen LogP contribution in [-0.4, -0.2) is 34.3 Å². The first-order valence-corrected chi connectivity index (χ1v) is 14.1. The third-order valence-electron chi connectivity index (χ3n) is 7.37. The number of nitrogens with one attached hydrogen (secondary N) is 2. The molecule has 2 unspecified atom stereocenters. The van der Waals surface area contributed by atoms with Crippen LogP contribution in [-0.2, 0) is 32.9 Å². The molecule has 4 aromatic rings. The molecule has 0 fully saturated rings. The highest BCUT2D eigenvalue weighted by Crippen LogP contribution is 2.24. The number of aliphatic hydroxyl groups excluding tert-OH is 1. The average molecular weight is 548 g/mol. The van der Waals surface area contributed by atoms with Gasteiger partial charge in [0.25, 0.3) is 5.91 Å². The van der Waals surface area contributed by atoms with Gasteiger partial charge in [-0.25, -0.2) is 8.78 Å². The maximum Gasteiger partial charge on any atom is 0.251 e. The zero-order valence-electron chi connectivity index (χ0n) is 23.5. The van der Waals surface area contributed by atoms with E-state index in [4.69, 9.17) is 0 Å². The fraction of sp³-hybridized carbons (Fsp3) is 0.364. The maximum atomic E-state index is 13.9. The third kappa shape index (κ3) is 7.55. The second-order valence-electron chi connectivity index (χ2n) is 10.5. The Hall–Kier alpha value is -3.55. The predicted octanol–water partition coefficient (Wildman–Crippen LogP) is 5.85. The summed E-state index contributed by atoms with van der Waals surface area (Å²) in [6.45, 7) is 4.99. The van der Waals surface area contributed by atoms with E-state index in [1.807, 2.05) is 31.3 Å². The van der Waals surface area contributed by atoms with Crippen molar-refractivity contribution in [2.75, 3.05) is 6.54 Å². The lowest BCUT2D eigenvalue weighted by Crippen LogP contribution is -2.48. The Morgan fingerprint density at radius 3 is 2.45 bits per heavy atom. The highest BCUT2D eigenvalue weighted by atomic mass is 19.1. The quantitative estimate of drug-likeness (QED) is 0.197. The fourth-order valence-corrected chi connectivity index (χ4v) is 5.17. The van der Waals surface area contributed by atoms with Gasteiger partial charge < -0.3 is 20.3 Å². The normalized spacial score (nSPS) is 12.9. The van der Waals surface area contributed by atoms with Crippen LogP contribution in [0, 0.1) is 11.6 Å². The number of hydrogen-bond acceptors (Lipinski definition) is 3. The fourth-order valence-electron chi connectivity index (χ4n) is 5.17. The van der Waals surface area contributed by atoms with Crippen molar-refractivity contribution in [3.8, 4) is 0 Å². The molecule has 212 valence electrons. The van der Waals surface area contributed by atoms with E-state index in [1.54, 1.807) is 6.07 Å². The average Bonchev–Trinajstić information content (AvgIpc) is 3.25. The minimum atomic E-state index is -0.995. The van der Waals surface area contributed by atoms with Gasteiger partial charge in [-0.15, -0.1) is 0 Å². The van der Waals surface area contributed by atoms with Crippen LogP contribution >= 0.6 is 0 Å². The number of carbonyl (C=O) groups excluding carboxylic acids is 1. The summed E-state index contributed by atoms with van der Waals surface area (Å²) in [6, 6.07) is 16.3. The molecule has 0 aliphatic rings. The van der Waals surface area contributed by atoms with Crippen LogP contribution in [0.3, 0.4) is 0 Å². The Labute approximate surface area is 235 Å². The lowest BCUT2D eigenvalue weighted by Gasteiger charge is -2.25. The van der Waals surface area contributed by atoms with Crippen molar-refractivity contribution in [2.45, 2.75) is 64.6 Å². The van der Waals surface area contributed by atoms with E-state index in [0.717, 1.165) is 48.2 Å². The van der Waals surface area contributed by atoms with Crippen LogP contribution in [0.25, 0.3) is 10.9 Å². The molecule has 0 saturated heterocycles. The van der Waals surface area contributed by atoms with E-state index in [0.29, 0.717) is 17.7 Å². The molecule has 2 atom stereocenters. The summed E-state index contributed by atoms with van der Waals surface area (Å²) in [5.74, 6) is -1.74. The van der Waals surface area contributed by atoms with Gasteiger partial charge in [0.15, 0.2) is 0 Å². The van der Waals surface area contributed by atoms with Crippen LogP contribution < -0.4 is 10.6 Å². The molecule has 4 rings (SSSR count). The standard InChI is InChI=1S/C33H39F2N3O2/c1-4-6-10-26-21-38(3)31-12-11-25(17-29(26)31)33(40)37-30(16-24-14-27(34)18-28(35)15-24)32(39)20-36-19-23-9-7-8-22(5-2)13-23/h7-9,11-15,17-18,21,30,32,36,39H,4-6,10,16,19-20H2,1-3H3,(H,37,40). The van der Waals surface area contributed by atoms with E-state index in [9.17, 15) is 18.7 Å². The van der Waals surface area contributed by atoms with Crippen molar-refractivity contribution >= 4 is 16.8 Å². The molecule has 5 nitrogen and oxygen atoms in total. The second-order valence-corrected chi connectivity index (χ2v) is 10.5. The molecule has 0 radical (unpaired) electrons. The summed E-state index contributed by atoms with van der Waals surface area (Å²) in [4.78, 5) is 13.4. The number of benzene rings is 3. The molecule has 7 heteroatoms. The Morgan fingerprint density at radius 2 is 1.73 bits per heavy atom. The van der Waals surface area contributed by atoms with Crippen molar-refractivity contribution in [1.82, 2.24) is 15.2 Å².